The summed E-state index contributed by atoms with van der Waals surface area (Å²) in [4.78, 5) is 44.7. The van der Waals surface area contributed by atoms with Gasteiger partial charge < -0.3 is 15.0 Å². The Morgan fingerprint density at radius 1 is 1.37 bits per heavy atom. The number of amides is 1. The second-order valence-electron chi connectivity index (χ2n) is 7.12. The highest BCUT2D eigenvalue weighted by Crippen LogP contribution is 2.30. The molecule has 1 aromatic heterocycles. The van der Waals surface area contributed by atoms with Crippen LogP contribution in [-0.2, 0) is 15.3 Å². The first kappa shape index (κ1) is 19.4. The van der Waals surface area contributed by atoms with Gasteiger partial charge in [-0.1, -0.05) is 12.1 Å². The number of hydrogen-bond acceptors (Lipinski definition) is 5. The van der Waals surface area contributed by atoms with Crippen LogP contribution in [0.1, 0.15) is 32.0 Å². The summed E-state index contributed by atoms with van der Waals surface area (Å²) in [7, 11) is 0. The molecule has 8 heteroatoms. The summed E-state index contributed by atoms with van der Waals surface area (Å²) in [5, 5.41) is 9.92. The predicted molar refractivity (Wildman–Crippen MR) is 105 cm³/mol. The van der Waals surface area contributed by atoms with Gasteiger partial charge in [0.15, 0.2) is 0 Å². The van der Waals surface area contributed by atoms with Crippen molar-refractivity contribution in [2.24, 2.45) is 5.41 Å². The van der Waals surface area contributed by atoms with E-state index in [1.165, 1.54) is 11.8 Å². The molecule has 0 radical (unpaired) electrons. The van der Waals surface area contributed by atoms with Crippen molar-refractivity contribution in [3.05, 3.63) is 40.4 Å². The largest absolute Gasteiger partial charge is 0.481 e. The number of benzene rings is 1. The summed E-state index contributed by atoms with van der Waals surface area (Å²) < 4.78 is 0. The van der Waals surface area contributed by atoms with Gasteiger partial charge >= 0.3 is 5.97 Å². The van der Waals surface area contributed by atoms with Crippen LogP contribution in [0, 0.1) is 5.41 Å². The molecule has 3 rings (SSSR count). The van der Waals surface area contributed by atoms with Crippen LogP contribution in [0.5, 0.6) is 0 Å². The molecule has 2 aromatic rings. The minimum atomic E-state index is -0.852. The molecular weight excluding hydrogens is 366 g/mol. The van der Waals surface area contributed by atoms with Gasteiger partial charge in [0.05, 0.1) is 22.1 Å². The maximum Gasteiger partial charge on any atom is 0.311 e. The van der Waals surface area contributed by atoms with Crippen molar-refractivity contribution in [1.82, 2.24) is 14.9 Å². The summed E-state index contributed by atoms with van der Waals surface area (Å²) in [5.74, 6) is 0.832. The molecule has 1 unspecified atom stereocenters. The molecule has 2 heterocycles. The first-order chi connectivity index (χ1) is 12.9. The summed E-state index contributed by atoms with van der Waals surface area (Å²) >= 11 is 1.53. The van der Waals surface area contributed by atoms with Crippen LogP contribution in [0.2, 0.25) is 0 Å². The number of nitrogens with one attached hydrogen (secondary N) is 1. The number of piperidine rings is 1. The monoisotopic (exact) mass is 389 g/mol. The Balaban J connectivity index is 1.51. The number of carbonyl (C=O) groups is 2. The Hall–Kier alpha value is -2.35. The van der Waals surface area contributed by atoms with E-state index in [0.29, 0.717) is 54.0 Å². The van der Waals surface area contributed by atoms with Crippen LogP contribution in [0.3, 0.4) is 0 Å². The first-order valence-electron chi connectivity index (χ1n) is 8.96. The number of aromatic amines is 1. The molecule has 1 fully saturated rings. The zero-order valence-corrected chi connectivity index (χ0v) is 16.1. The van der Waals surface area contributed by atoms with E-state index in [2.05, 4.69) is 9.97 Å². The average Bonchev–Trinajstić information content (AvgIpc) is 2.65. The second kappa shape index (κ2) is 8.12. The van der Waals surface area contributed by atoms with E-state index in [9.17, 15) is 19.5 Å². The third-order valence-electron chi connectivity index (χ3n) is 4.93. The molecule has 1 saturated heterocycles. The fourth-order valence-electron chi connectivity index (χ4n) is 3.32. The van der Waals surface area contributed by atoms with Gasteiger partial charge in [-0.2, -0.15) is 11.8 Å². The maximum absolute atomic E-state index is 12.4. The lowest BCUT2D eigenvalue weighted by atomic mass is 9.82. The topological polar surface area (TPSA) is 103 Å². The third-order valence-corrected chi connectivity index (χ3v) is 5.90. The molecular formula is C19H23N3O4S. The Morgan fingerprint density at radius 2 is 2.15 bits per heavy atom. The Labute approximate surface area is 161 Å². The minimum absolute atomic E-state index is 0.0189. The standard InChI is InChI=1S/C19H23N3O4S/c1-19(18(25)26)8-4-9-22(12-19)16(23)7-10-27-11-15-20-14-6-3-2-5-13(14)17(24)21-15/h2-3,5-6H,4,7-12H2,1H3,(H,25,26)(H,20,21,24). The normalized spacial score (nSPS) is 20.0. The molecule has 1 amide bonds. The van der Waals surface area contributed by atoms with Crippen molar-refractivity contribution < 1.29 is 14.7 Å². The van der Waals surface area contributed by atoms with Crippen molar-refractivity contribution in [1.29, 1.82) is 0 Å². The lowest BCUT2D eigenvalue weighted by Crippen LogP contribution is -2.48. The van der Waals surface area contributed by atoms with E-state index in [1.807, 2.05) is 6.07 Å². The highest BCUT2D eigenvalue weighted by molar-refractivity contribution is 7.98. The fourth-order valence-corrected chi connectivity index (χ4v) is 4.11. The molecule has 1 aliphatic rings. The number of rotatable bonds is 6. The summed E-state index contributed by atoms with van der Waals surface area (Å²) in [6.07, 6.45) is 1.66. The third kappa shape index (κ3) is 4.50. The smallest absolute Gasteiger partial charge is 0.311 e. The number of aromatic nitrogens is 2. The maximum atomic E-state index is 12.4. The van der Waals surface area contributed by atoms with Gasteiger partial charge in [0, 0.05) is 25.3 Å². The van der Waals surface area contributed by atoms with E-state index in [-0.39, 0.29) is 18.0 Å². The van der Waals surface area contributed by atoms with Crippen molar-refractivity contribution in [3.8, 4) is 0 Å². The Kier molecular flexibility index (Phi) is 5.84. The molecule has 0 bridgehead atoms. The molecule has 144 valence electrons. The molecule has 27 heavy (non-hydrogen) atoms. The minimum Gasteiger partial charge on any atom is -0.481 e. The summed E-state index contributed by atoms with van der Waals surface area (Å²) in [6, 6.07) is 7.18. The number of thioether (sulfide) groups is 1. The van der Waals surface area contributed by atoms with E-state index < -0.39 is 11.4 Å². The Bertz CT molecular complexity index is 913. The number of hydrogen-bond donors (Lipinski definition) is 2. The molecule has 1 aromatic carbocycles. The highest BCUT2D eigenvalue weighted by Gasteiger charge is 2.39. The number of likely N-dealkylation sites (tertiary alicyclic amines) is 1. The zero-order valence-electron chi connectivity index (χ0n) is 15.2. The number of carboxylic acids is 1. The molecule has 1 aliphatic heterocycles. The number of carbonyl (C=O) groups excluding carboxylic acids is 1. The van der Waals surface area contributed by atoms with Gasteiger partial charge in [-0.25, -0.2) is 4.98 Å². The fraction of sp³-hybridized carbons (Fsp3) is 0.474. The molecule has 0 saturated carbocycles. The number of para-hydroxylation sites is 1. The van der Waals surface area contributed by atoms with E-state index in [0.717, 1.165) is 0 Å². The van der Waals surface area contributed by atoms with Gasteiger partial charge in [0.2, 0.25) is 5.91 Å². The molecule has 0 aliphatic carbocycles. The lowest BCUT2D eigenvalue weighted by Gasteiger charge is -2.37. The van der Waals surface area contributed by atoms with Crippen molar-refractivity contribution in [2.45, 2.75) is 31.9 Å². The second-order valence-corrected chi connectivity index (χ2v) is 8.22. The van der Waals surface area contributed by atoms with E-state index >= 15 is 0 Å². The summed E-state index contributed by atoms with van der Waals surface area (Å²) in [6.45, 7) is 2.59. The van der Waals surface area contributed by atoms with Crippen LogP contribution in [0.25, 0.3) is 10.9 Å². The van der Waals surface area contributed by atoms with Crippen molar-refractivity contribution in [3.63, 3.8) is 0 Å². The van der Waals surface area contributed by atoms with Crippen LogP contribution in [-0.4, -0.2) is 50.7 Å². The van der Waals surface area contributed by atoms with Crippen LogP contribution < -0.4 is 5.56 Å². The van der Waals surface area contributed by atoms with Crippen LogP contribution in [0.4, 0.5) is 0 Å². The first-order valence-corrected chi connectivity index (χ1v) is 10.1. The van der Waals surface area contributed by atoms with Gasteiger partial charge in [0.25, 0.3) is 5.56 Å². The lowest BCUT2D eigenvalue weighted by molar-refractivity contribution is -0.153. The van der Waals surface area contributed by atoms with E-state index in [4.69, 9.17) is 0 Å². The number of aliphatic carboxylic acids is 1. The SMILES string of the molecule is CC1(C(=O)O)CCCN(C(=O)CCSCc2nc3ccccc3c(=O)[nH]2)C1. The van der Waals surface area contributed by atoms with Crippen molar-refractivity contribution >= 4 is 34.5 Å². The molecule has 2 N–H and O–H groups in total. The van der Waals surface area contributed by atoms with Crippen LogP contribution >= 0.6 is 11.8 Å². The van der Waals surface area contributed by atoms with Gasteiger partial charge in [-0.05, 0) is 31.9 Å². The number of carboxylic acid groups (broad SMARTS) is 1. The zero-order chi connectivity index (χ0) is 19.4. The average molecular weight is 389 g/mol. The molecule has 7 nitrogen and oxygen atoms in total. The number of H-pyrrole nitrogens is 1. The number of fused-ring (bicyclic) bond motifs is 1. The Morgan fingerprint density at radius 3 is 2.93 bits per heavy atom. The van der Waals surface area contributed by atoms with Crippen molar-refractivity contribution in [2.75, 3.05) is 18.8 Å². The summed E-state index contributed by atoms with van der Waals surface area (Å²) in [5.41, 5.74) is -0.349. The van der Waals surface area contributed by atoms with Gasteiger partial charge in [0.1, 0.15) is 5.82 Å². The predicted octanol–water partition coefficient (Wildman–Crippen LogP) is 2.26. The highest BCUT2D eigenvalue weighted by atomic mass is 32.2. The number of nitrogens with zero attached hydrogens (tertiary/aromatic N) is 2. The van der Waals surface area contributed by atoms with Gasteiger partial charge in [-0.3, -0.25) is 14.4 Å². The van der Waals surface area contributed by atoms with E-state index in [1.54, 1.807) is 30.0 Å². The van der Waals surface area contributed by atoms with Crippen LogP contribution in [0.15, 0.2) is 29.1 Å². The molecule has 1 atom stereocenters. The quantitative estimate of drug-likeness (QED) is 0.735. The molecule has 0 spiro atoms. The van der Waals surface area contributed by atoms with Gasteiger partial charge in [-0.15, -0.1) is 0 Å².